The number of hydrogen-bond donors (Lipinski definition) is 2. The van der Waals surface area contributed by atoms with Gasteiger partial charge in [0.2, 0.25) is 15.9 Å². The molecule has 3 aromatic rings. The molecule has 0 radical (unpaired) electrons. The Morgan fingerprint density at radius 1 is 0.892 bits per heavy atom. The molecular formula is C28H32N2O6S. The summed E-state index contributed by atoms with van der Waals surface area (Å²) in [5, 5.41) is 2.74. The first-order chi connectivity index (χ1) is 17.8. The fourth-order valence-electron chi connectivity index (χ4n) is 3.49. The molecule has 0 spiro atoms. The molecule has 0 saturated heterocycles. The standard InChI is InChI=1S/C28H32N2O6S/c1-3-5-19-36-28(32)22-11-13-23(14-12-22)29-27(31)26(20-21-9-7-6-8-10-21)30-37(33,34)25-17-15-24(16-18-25)35-4-2/h6-18,26,30H,3-5,19-20H2,1-2H3,(H,29,31)/t26-/m0/s1. The number of unbranched alkanes of at least 4 members (excludes halogenated alkanes) is 1. The Morgan fingerprint density at radius 2 is 1.57 bits per heavy atom. The van der Waals surface area contributed by atoms with E-state index in [2.05, 4.69) is 10.0 Å². The number of sulfonamides is 1. The monoisotopic (exact) mass is 524 g/mol. The van der Waals surface area contributed by atoms with Crippen molar-refractivity contribution in [1.29, 1.82) is 0 Å². The Morgan fingerprint density at radius 3 is 2.19 bits per heavy atom. The summed E-state index contributed by atoms with van der Waals surface area (Å²) >= 11 is 0. The molecule has 196 valence electrons. The molecule has 9 heteroatoms. The predicted octanol–water partition coefficient (Wildman–Crippen LogP) is 4.57. The van der Waals surface area contributed by atoms with Crippen LogP contribution in [-0.2, 0) is 26.0 Å². The van der Waals surface area contributed by atoms with Crippen LogP contribution in [0.1, 0.15) is 42.6 Å². The SMILES string of the molecule is CCCCOC(=O)c1ccc(NC(=O)[C@H](Cc2ccccc2)NS(=O)(=O)c2ccc(OCC)cc2)cc1. The topological polar surface area (TPSA) is 111 Å². The summed E-state index contributed by atoms with van der Waals surface area (Å²) in [7, 11) is -4.01. The molecular weight excluding hydrogens is 492 g/mol. The van der Waals surface area contributed by atoms with Crippen LogP contribution in [0.2, 0.25) is 0 Å². The number of esters is 1. The third-order valence-electron chi connectivity index (χ3n) is 5.46. The molecule has 0 aliphatic rings. The van der Waals surface area contributed by atoms with Gasteiger partial charge in [0.05, 0.1) is 23.7 Å². The summed E-state index contributed by atoms with van der Waals surface area (Å²) in [6.07, 6.45) is 1.85. The van der Waals surface area contributed by atoms with Gasteiger partial charge in [-0.2, -0.15) is 4.72 Å². The third kappa shape index (κ3) is 8.44. The number of benzene rings is 3. The van der Waals surface area contributed by atoms with Gasteiger partial charge in [0.15, 0.2) is 0 Å². The summed E-state index contributed by atoms with van der Waals surface area (Å²) < 4.78 is 39.3. The maximum absolute atomic E-state index is 13.2. The maximum atomic E-state index is 13.2. The molecule has 37 heavy (non-hydrogen) atoms. The molecule has 0 unspecified atom stereocenters. The summed E-state index contributed by atoms with van der Waals surface area (Å²) in [5.41, 5.74) is 1.58. The van der Waals surface area contributed by atoms with E-state index in [1.165, 1.54) is 12.1 Å². The molecule has 0 saturated carbocycles. The summed E-state index contributed by atoms with van der Waals surface area (Å²) in [5.74, 6) is -0.411. The Balaban J connectivity index is 1.75. The fourth-order valence-corrected chi connectivity index (χ4v) is 4.68. The van der Waals surface area contributed by atoms with Crippen LogP contribution in [0, 0.1) is 0 Å². The van der Waals surface area contributed by atoms with Crippen molar-refractivity contribution < 1.29 is 27.5 Å². The lowest BCUT2D eigenvalue weighted by Gasteiger charge is -2.19. The van der Waals surface area contributed by atoms with Crippen LogP contribution in [0.5, 0.6) is 5.75 Å². The Hall–Kier alpha value is -3.69. The minimum Gasteiger partial charge on any atom is -0.494 e. The summed E-state index contributed by atoms with van der Waals surface area (Å²) in [6.45, 7) is 4.66. The van der Waals surface area contributed by atoms with Gasteiger partial charge >= 0.3 is 5.97 Å². The lowest BCUT2D eigenvalue weighted by Crippen LogP contribution is -2.45. The van der Waals surface area contributed by atoms with E-state index in [4.69, 9.17) is 9.47 Å². The van der Waals surface area contributed by atoms with Gasteiger partial charge in [0.25, 0.3) is 0 Å². The first-order valence-corrected chi connectivity index (χ1v) is 13.7. The van der Waals surface area contributed by atoms with E-state index in [9.17, 15) is 18.0 Å². The zero-order valence-electron chi connectivity index (χ0n) is 21.0. The van der Waals surface area contributed by atoms with Gasteiger partial charge in [-0.3, -0.25) is 4.79 Å². The van der Waals surface area contributed by atoms with Crippen molar-refractivity contribution in [3.63, 3.8) is 0 Å². The lowest BCUT2D eigenvalue weighted by molar-refractivity contribution is -0.117. The number of nitrogens with one attached hydrogen (secondary N) is 2. The number of anilines is 1. The quantitative estimate of drug-likeness (QED) is 0.250. The van der Waals surface area contributed by atoms with Crippen LogP contribution in [0.25, 0.3) is 0 Å². The molecule has 1 amide bonds. The van der Waals surface area contributed by atoms with Crippen molar-refractivity contribution in [3.8, 4) is 5.75 Å². The van der Waals surface area contributed by atoms with Crippen LogP contribution >= 0.6 is 0 Å². The molecule has 3 aromatic carbocycles. The number of rotatable bonds is 13. The van der Waals surface area contributed by atoms with Crippen LogP contribution in [0.3, 0.4) is 0 Å². The number of amides is 1. The molecule has 3 rings (SSSR count). The van der Waals surface area contributed by atoms with Crippen molar-refractivity contribution in [2.75, 3.05) is 18.5 Å². The van der Waals surface area contributed by atoms with E-state index in [0.717, 1.165) is 18.4 Å². The zero-order chi connectivity index (χ0) is 26.7. The second-order valence-electron chi connectivity index (χ2n) is 8.32. The van der Waals surface area contributed by atoms with Crippen molar-refractivity contribution in [2.45, 2.75) is 44.0 Å². The van der Waals surface area contributed by atoms with Crippen molar-refractivity contribution in [1.82, 2.24) is 4.72 Å². The van der Waals surface area contributed by atoms with E-state index in [-0.39, 0.29) is 11.3 Å². The van der Waals surface area contributed by atoms with Crippen molar-refractivity contribution >= 4 is 27.6 Å². The summed E-state index contributed by atoms with van der Waals surface area (Å²) in [6, 6.07) is 20.3. The predicted molar refractivity (Wildman–Crippen MR) is 142 cm³/mol. The van der Waals surface area contributed by atoms with Crippen molar-refractivity contribution in [3.05, 3.63) is 90.0 Å². The maximum Gasteiger partial charge on any atom is 0.338 e. The highest BCUT2D eigenvalue weighted by atomic mass is 32.2. The molecule has 0 fully saturated rings. The van der Waals surface area contributed by atoms with E-state index < -0.39 is 27.9 Å². The Bertz CT molecular complexity index is 1260. The molecule has 0 bridgehead atoms. The highest BCUT2D eigenvalue weighted by Gasteiger charge is 2.26. The average Bonchev–Trinajstić information content (AvgIpc) is 2.90. The number of carbonyl (C=O) groups excluding carboxylic acids is 2. The van der Waals surface area contributed by atoms with E-state index in [0.29, 0.717) is 30.2 Å². The van der Waals surface area contributed by atoms with E-state index >= 15 is 0 Å². The Labute approximate surface area is 218 Å². The smallest absolute Gasteiger partial charge is 0.338 e. The second kappa shape index (κ2) is 13.6. The van der Waals surface area contributed by atoms with Crippen LogP contribution in [-0.4, -0.2) is 39.5 Å². The summed E-state index contributed by atoms with van der Waals surface area (Å²) in [4.78, 5) is 25.3. The van der Waals surface area contributed by atoms with Crippen LogP contribution in [0.15, 0.2) is 83.8 Å². The zero-order valence-corrected chi connectivity index (χ0v) is 21.8. The van der Waals surface area contributed by atoms with Gasteiger partial charge in [-0.15, -0.1) is 0 Å². The van der Waals surface area contributed by atoms with Crippen molar-refractivity contribution in [2.24, 2.45) is 0 Å². The number of carbonyl (C=O) groups is 2. The highest BCUT2D eigenvalue weighted by molar-refractivity contribution is 7.89. The molecule has 8 nitrogen and oxygen atoms in total. The molecule has 0 aromatic heterocycles. The molecule has 0 aliphatic heterocycles. The normalized spacial score (nSPS) is 11.9. The van der Waals surface area contributed by atoms with Gasteiger partial charge in [-0.1, -0.05) is 43.7 Å². The van der Waals surface area contributed by atoms with Gasteiger partial charge < -0.3 is 14.8 Å². The first-order valence-electron chi connectivity index (χ1n) is 12.2. The minimum absolute atomic E-state index is 0.0211. The average molecular weight is 525 g/mol. The molecule has 0 aliphatic carbocycles. The van der Waals surface area contributed by atoms with Gasteiger partial charge in [-0.25, -0.2) is 13.2 Å². The third-order valence-corrected chi connectivity index (χ3v) is 6.95. The molecule has 2 N–H and O–H groups in total. The van der Waals surface area contributed by atoms with Crippen LogP contribution < -0.4 is 14.8 Å². The van der Waals surface area contributed by atoms with Gasteiger partial charge in [0, 0.05) is 5.69 Å². The van der Waals surface area contributed by atoms with Gasteiger partial charge in [0.1, 0.15) is 11.8 Å². The minimum atomic E-state index is -4.01. The number of ether oxygens (including phenoxy) is 2. The van der Waals surface area contributed by atoms with E-state index in [1.807, 2.05) is 44.2 Å². The molecule has 0 heterocycles. The first kappa shape index (κ1) is 27.9. The largest absolute Gasteiger partial charge is 0.494 e. The van der Waals surface area contributed by atoms with Gasteiger partial charge in [-0.05, 0) is 73.9 Å². The second-order valence-corrected chi connectivity index (χ2v) is 10.0. The molecule has 1 atom stereocenters. The van der Waals surface area contributed by atoms with Crippen LogP contribution in [0.4, 0.5) is 5.69 Å². The highest BCUT2D eigenvalue weighted by Crippen LogP contribution is 2.18. The van der Waals surface area contributed by atoms with E-state index in [1.54, 1.807) is 36.4 Å². The fraction of sp³-hybridized carbons (Fsp3) is 0.286. The Kier molecular flexibility index (Phi) is 10.2. The lowest BCUT2D eigenvalue weighted by atomic mass is 10.1. The number of hydrogen-bond acceptors (Lipinski definition) is 6.